The zero-order valence-electron chi connectivity index (χ0n) is 12.8. The summed E-state index contributed by atoms with van der Waals surface area (Å²) in [4.78, 5) is 14.5. The normalized spacial score (nSPS) is 17.7. The van der Waals surface area contributed by atoms with Gasteiger partial charge in [0.1, 0.15) is 11.5 Å². The molecule has 1 aromatic heterocycles. The summed E-state index contributed by atoms with van der Waals surface area (Å²) >= 11 is 0. The fraction of sp³-hybridized carbons (Fsp3) is 0.412. The SMILES string of the molecule is O=C(c1cc(-c2ccc(F)cc2)n[nH]1)N1CCCC1CCCO. The Bertz CT molecular complexity index is 669. The number of rotatable bonds is 5. The Kier molecular flexibility index (Phi) is 4.71. The number of likely N-dealkylation sites (tertiary alicyclic amines) is 1. The molecule has 23 heavy (non-hydrogen) atoms. The van der Waals surface area contributed by atoms with Gasteiger partial charge in [-0.1, -0.05) is 0 Å². The van der Waals surface area contributed by atoms with Crippen LogP contribution in [0.1, 0.15) is 36.2 Å². The van der Waals surface area contributed by atoms with Crippen LogP contribution < -0.4 is 0 Å². The Morgan fingerprint density at radius 3 is 2.91 bits per heavy atom. The quantitative estimate of drug-likeness (QED) is 0.890. The van der Waals surface area contributed by atoms with E-state index in [1.165, 1.54) is 12.1 Å². The topological polar surface area (TPSA) is 69.2 Å². The minimum Gasteiger partial charge on any atom is -0.396 e. The van der Waals surface area contributed by atoms with Crippen molar-refractivity contribution in [3.8, 4) is 11.3 Å². The molecule has 1 unspecified atom stereocenters. The second-order valence-electron chi connectivity index (χ2n) is 5.83. The van der Waals surface area contributed by atoms with Crippen LogP contribution in [0.2, 0.25) is 0 Å². The molecule has 1 aliphatic heterocycles. The number of aliphatic hydroxyl groups is 1. The Morgan fingerprint density at radius 2 is 2.17 bits per heavy atom. The first kappa shape index (κ1) is 15.7. The van der Waals surface area contributed by atoms with E-state index < -0.39 is 0 Å². The van der Waals surface area contributed by atoms with Gasteiger partial charge in [0, 0.05) is 24.8 Å². The number of carbonyl (C=O) groups is 1. The standard InChI is InChI=1S/C17H20FN3O2/c18-13-7-5-12(6-8-13)15-11-16(20-19-15)17(23)21-9-1-3-14(21)4-2-10-22/h5-8,11,14,22H,1-4,9-10H2,(H,19,20). The third kappa shape index (κ3) is 3.42. The predicted molar refractivity (Wildman–Crippen MR) is 84.4 cm³/mol. The maximum Gasteiger partial charge on any atom is 0.272 e. The van der Waals surface area contributed by atoms with Gasteiger partial charge in [0.05, 0.1) is 5.69 Å². The molecule has 6 heteroatoms. The summed E-state index contributed by atoms with van der Waals surface area (Å²) in [6.07, 6.45) is 3.49. The van der Waals surface area contributed by atoms with Gasteiger partial charge in [-0.2, -0.15) is 5.10 Å². The van der Waals surface area contributed by atoms with E-state index in [0.717, 1.165) is 31.4 Å². The number of halogens is 1. The minimum absolute atomic E-state index is 0.0636. The van der Waals surface area contributed by atoms with Crippen molar-refractivity contribution in [2.24, 2.45) is 0 Å². The van der Waals surface area contributed by atoms with E-state index in [-0.39, 0.29) is 24.4 Å². The summed E-state index contributed by atoms with van der Waals surface area (Å²) in [7, 11) is 0. The summed E-state index contributed by atoms with van der Waals surface area (Å²) in [5.74, 6) is -0.365. The van der Waals surface area contributed by atoms with Crippen molar-refractivity contribution in [1.29, 1.82) is 0 Å². The summed E-state index contributed by atoms with van der Waals surface area (Å²) < 4.78 is 13.0. The number of carbonyl (C=O) groups excluding carboxylic acids is 1. The highest BCUT2D eigenvalue weighted by molar-refractivity contribution is 5.93. The van der Waals surface area contributed by atoms with Crippen LogP contribution in [-0.4, -0.2) is 45.3 Å². The zero-order chi connectivity index (χ0) is 16.2. The second-order valence-corrected chi connectivity index (χ2v) is 5.83. The lowest BCUT2D eigenvalue weighted by atomic mass is 10.1. The molecule has 3 rings (SSSR count). The van der Waals surface area contributed by atoms with Gasteiger partial charge in [0.15, 0.2) is 0 Å². The Hall–Kier alpha value is -2.21. The molecule has 2 N–H and O–H groups in total. The number of nitrogens with one attached hydrogen (secondary N) is 1. The lowest BCUT2D eigenvalue weighted by Gasteiger charge is -2.23. The molecule has 1 atom stereocenters. The summed E-state index contributed by atoms with van der Waals surface area (Å²) in [5, 5.41) is 15.9. The zero-order valence-corrected chi connectivity index (χ0v) is 12.8. The van der Waals surface area contributed by atoms with Crippen LogP contribution in [0.5, 0.6) is 0 Å². The van der Waals surface area contributed by atoms with Gasteiger partial charge in [-0.3, -0.25) is 9.89 Å². The van der Waals surface area contributed by atoms with Crippen LogP contribution in [-0.2, 0) is 0 Å². The van der Waals surface area contributed by atoms with Crippen LogP contribution in [0.3, 0.4) is 0 Å². The van der Waals surface area contributed by atoms with Crippen molar-refractivity contribution in [2.45, 2.75) is 31.7 Å². The molecule has 1 aliphatic rings. The molecule has 0 aliphatic carbocycles. The molecule has 1 amide bonds. The van der Waals surface area contributed by atoms with Crippen LogP contribution in [0.25, 0.3) is 11.3 Å². The van der Waals surface area contributed by atoms with Crippen molar-refractivity contribution in [3.63, 3.8) is 0 Å². The Balaban J connectivity index is 1.74. The average Bonchev–Trinajstić information content (AvgIpc) is 3.22. The lowest BCUT2D eigenvalue weighted by Crippen LogP contribution is -2.35. The minimum atomic E-state index is -0.302. The van der Waals surface area contributed by atoms with Gasteiger partial charge >= 0.3 is 0 Å². The molecule has 0 bridgehead atoms. The number of aliphatic hydroxyl groups excluding tert-OH is 1. The number of benzene rings is 1. The molecular formula is C17H20FN3O2. The first-order valence-electron chi connectivity index (χ1n) is 7.92. The molecule has 1 aromatic carbocycles. The number of amides is 1. The molecule has 1 fully saturated rings. The largest absolute Gasteiger partial charge is 0.396 e. The van der Waals surface area contributed by atoms with Gasteiger partial charge in [-0.05, 0) is 56.0 Å². The molecule has 122 valence electrons. The lowest BCUT2D eigenvalue weighted by molar-refractivity contribution is 0.0718. The van der Waals surface area contributed by atoms with Gasteiger partial charge in [0.2, 0.25) is 0 Å². The number of nitrogens with zero attached hydrogens (tertiary/aromatic N) is 2. The summed E-state index contributed by atoms with van der Waals surface area (Å²) in [6, 6.07) is 7.91. The number of hydrogen-bond acceptors (Lipinski definition) is 3. The molecule has 0 radical (unpaired) electrons. The average molecular weight is 317 g/mol. The highest BCUT2D eigenvalue weighted by Gasteiger charge is 2.29. The molecule has 2 heterocycles. The first-order valence-corrected chi connectivity index (χ1v) is 7.92. The highest BCUT2D eigenvalue weighted by Crippen LogP contribution is 2.24. The monoisotopic (exact) mass is 317 g/mol. The molecule has 2 aromatic rings. The third-order valence-corrected chi connectivity index (χ3v) is 4.28. The van der Waals surface area contributed by atoms with E-state index in [9.17, 15) is 9.18 Å². The van der Waals surface area contributed by atoms with E-state index in [0.29, 0.717) is 17.8 Å². The fourth-order valence-corrected chi connectivity index (χ4v) is 3.08. The number of aromatic amines is 1. The summed E-state index contributed by atoms with van der Waals surface area (Å²) in [6.45, 7) is 0.886. The fourth-order valence-electron chi connectivity index (χ4n) is 3.08. The predicted octanol–water partition coefficient (Wildman–Crippen LogP) is 2.59. The number of hydrogen-bond donors (Lipinski definition) is 2. The molecular weight excluding hydrogens is 297 g/mol. The van der Waals surface area contributed by atoms with Crippen molar-refractivity contribution >= 4 is 5.91 Å². The van der Waals surface area contributed by atoms with Crippen LogP contribution in [0.4, 0.5) is 4.39 Å². The second kappa shape index (κ2) is 6.91. The maximum absolute atomic E-state index is 13.0. The Labute approximate surface area is 134 Å². The van der Waals surface area contributed by atoms with E-state index in [2.05, 4.69) is 10.2 Å². The van der Waals surface area contributed by atoms with Crippen LogP contribution >= 0.6 is 0 Å². The first-order chi connectivity index (χ1) is 11.2. The van der Waals surface area contributed by atoms with Gasteiger partial charge in [0.25, 0.3) is 5.91 Å². The van der Waals surface area contributed by atoms with Gasteiger partial charge in [-0.15, -0.1) is 0 Å². The highest BCUT2D eigenvalue weighted by atomic mass is 19.1. The smallest absolute Gasteiger partial charge is 0.272 e. The van der Waals surface area contributed by atoms with E-state index in [1.54, 1.807) is 18.2 Å². The van der Waals surface area contributed by atoms with Crippen molar-refractivity contribution in [3.05, 3.63) is 41.8 Å². The molecule has 1 saturated heterocycles. The van der Waals surface area contributed by atoms with Gasteiger partial charge < -0.3 is 10.0 Å². The van der Waals surface area contributed by atoms with Crippen LogP contribution in [0.15, 0.2) is 30.3 Å². The maximum atomic E-state index is 13.0. The van der Waals surface area contributed by atoms with E-state index in [4.69, 9.17) is 5.11 Å². The number of aromatic nitrogens is 2. The van der Waals surface area contributed by atoms with Crippen molar-refractivity contribution < 1.29 is 14.3 Å². The van der Waals surface area contributed by atoms with Crippen molar-refractivity contribution in [2.75, 3.05) is 13.2 Å². The molecule has 0 saturated carbocycles. The number of H-pyrrole nitrogens is 1. The Morgan fingerprint density at radius 1 is 1.39 bits per heavy atom. The van der Waals surface area contributed by atoms with E-state index >= 15 is 0 Å². The molecule has 0 spiro atoms. The summed E-state index contributed by atoms with van der Waals surface area (Å²) in [5.41, 5.74) is 1.83. The van der Waals surface area contributed by atoms with E-state index in [1.807, 2.05) is 4.90 Å². The van der Waals surface area contributed by atoms with Crippen molar-refractivity contribution in [1.82, 2.24) is 15.1 Å². The van der Waals surface area contributed by atoms with Gasteiger partial charge in [-0.25, -0.2) is 4.39 Å². The van der Waals surface area contributed by atoms with Crippen LogP contribution in [0, 0.1) is 5.82 Å². The molecule has 5 nitrogen and oxygen atoms in total. The third-order valence-electron chi connectivity index (χ3n) is 4.28.